The second-order valence-electron chi connectivity index (χ2n) is 5.04. The monoisotopic (exact) mass is 395 g/mol. The number of carbonyl (C=O) groups is 2. The van der Waals surface area contributed by atoms with Crippen molar-refractivity contribution in [2.45, 2.75) is 4.90 Å². The van der Waals surface area contributed by atoms with E-state index in [0.717, 1.165) is 4.90 Å². The third-order valence-electron chi connectivity index (χ3n) is 3.60. The molecule has 2 aromatic carbocycles. The zero-order chi connectivity index (χ0) is 19.3. The Kier molecular flexibility index (Phi) is 6.76. The van der Waals surface area contributed by atoms with Gasteiger partial charge in [0, 0.05) is 17.0 Å². The summed E-state index contributed by atoms with van der Waals surface area (Å²) >= 11 is 7.63. The lowest BCUT2D eigenvalue weighted by Crippen LogP contribution is -2.16. The number of nitrogens with one attached hydrogen (secondary N) is 1. The fourth-order valence-electron chi connectivity index (χ4n) is 2.26. The standard InChI is InChI=1S/C18H18ClNO5S/c1-23-15-8-12(18(22)25-3)14(9-16(15)24-2)20-17(21)11-7-10(26-4)5-6-13(11)19/h5-9H,1-4H3,(H,20,21). The quantitative estimate of drug-likeness (QED) is 0.586. The molecule has 0 aliphatic heterocycles. The molecule has 138 valence electrons. The molecule has 0 unspecified atom stereocenters. The maximum absolute atomic E-state index is 12.7. The highest BCUT2D eigenvalue weighted by molar-refractivity contribution is 7.98. The first-order valence-electron chi connectivity index (χ1n) is 7.44. The number of ether oxygens (including phenoxy) is 3. The molecule has 8 heteroatoms. The fourth-order valence-corrected chi connectivity index (χ4v) is 2.90. The molecule has 0 radical (unpaired) electrons. The summed E-state index contributed by atoms with van der Waals surface area (Å²) in [5.41, 5.74) is 0.657. The molecule has 0 bridgehead atoms. The minimum atomic E-state index is -0.620. The van der Waals surface area contributed by atoms with Crippen LogP contribution < -0.4 is 14.8 Å². The summed E-state index contributed by atoms with van der Waals surface area (Å²) in [5, 5.41) is 3.00. The van der Waals surface area contributed by atoms with E-state index in [1.807, 2.05) is 12.3 Å². The molecule has 0 saturated carbocycles. The number of anilines is 1. The number of hydrogen-bond donors (Lipinski definition) is 1. The second kappa shape index (κ2) is 8.82. The van der Waals surface area contributed by atoms with Crippen molar-refractivity contribution < 1.29 is 23.8 Å². The van der Waals surface area contributed by atoms with Gasteiger partial charge in [0.15, 0.2) is 11.5 Å². The van der Waals surface area contributed by atoms with Gasteiger partial charge in [-0.1, -0.05) is 11.6 Å². The predicted molar refractivity (Wildman–Crippen MR) is 102 cm³/mol. The van der Waals surface area contributed by atoms with Crippen LogP contribution in [-0.4, -0.2) is 39.5 Å². The highest BCUT2D eigenvalue weighted by atomic mass is 35.5. The van der Waals surface area contributed by atoms with Gasteiger partial charge in [-0.05, 0) is 24.5 Å². The number of halogens is 1. The molecule has 0 atom stereocenters. The lowest BCUT2D eigenvalue weighted by Gasteiger charge is -2.15. The van der Waals surface area contributed by atoms with Crippen molar-refractivity contribution in [3.8, 4) is 11.5 Å². The lowest BCUT2D eigenvalue weighted by atomic mass is 10.1. The normalized spacial score (nSPS) is 10.2. The number of esters is 1. The van der Waals surface area contributed by atoms with Gasteiger partial charge in [0.25, 0.3) is 5.91 Å². The largest absolute Gasteiger partial charge is 0.493 e. The van der Waals surface area contributed by atoms with Gasteiger partial charge >= 0.3 is 5.97 Å². The van der Waals surface area contributed by atoms with Crippen LogP contribution in [0.5, 0.6) is 11.5 Å². The van der Waals surface area contributed by atoms with Gasteiger partial charge in [0.2, 0.25) is 0 Å². The van der Waals surface area contributed by atoms with Crippen LogP contribution in [0, 0.1) is 0 Å². The Morgan fingerprint density at radius 2 is 1.65 bits per heavy atom. The van der Waals surface area contributed by atoms with Crippen LogP contribution in [0.3, 0.4) is 0 Å². The highest BCUT2D eigenvalue weighted by Crippen LogP contribution is 2.34. The van der Waals surface area contributed by atoms with E-state index in [1.165, 1.54) is 45.2 Å². The molecule has 0 aromatic heterocycles. The van der Waals surface area contributed by atoms with Crippen LogP contribution in [0.1, 0.15) is 20.7 Å². The third-order valence-corrected chi connectivity index (χ3v) is 4.65. The molecule has 2 aromatic rings. The maximum atomic E-state index is 12.7. The molecule has 0 heterocycles. The maximum Gasteiger partial charge on any atom is 0.340 e. The first-order chi connectivity index (χ1) is 12.4. The van der Waals surface area contributed by atoms with Gasteiger partial charge in [-0.15, -0.1) is 11.8 Å². The van der Waals surface area contributed by atoms with Crippen molar-refractivity contribution in [2.24, 2.45) is 0 Å². The van der Waals surface area contributed by atoms with E-state index in [1.54, 1.807) is 12.1 Å². The predicted octanol–water partition coefficient (Wildman–Crippen LogP) is 4.12. The van der Waals surface area contributed by atoms with Crippen LogP contribution in [0.15, 0.2) is 35.2 Å². The van der Waals surface area contributed by atoms with Gasteiger partial charge in [-0.3, -0.25) is 4.79 Å². The molecule has 0 aliphatic carbocycles. The molecule has 2 rings (SSSR count). The number of thioether (sulfide) groups is 1. The van der Waals surface area contributed by atoms with Crippen molar-refractivity contribution in [3.05, 3.63) is 46.5 Å². The average molecular weight is 396 g/mol. The second-order valence-corrected chi connectivity index (χ2v) is 6.33. The molecule has 0 fully saturated rings. The zero-order valence-corrected chi connectivity index (χ0v) is 16.3. The van der Waals surface area contributed by atoms with Crippen molar-refractivity contribution in [1.29, 1.82) is 0 Å². The summed E-state index contributed by atoms with van der Waals surface area (Å²) in [6.45, 7) is 0. The van der Waals surface area contributed by atoms with E-state index in [4.69, 9.17) is 25.8 Å². The van der Waals surface area contributed by atoms with Gasteiger partial charge < -0.3 is 19.5 Å². The van der Waals surface area contributed by atoms with E-state index in [-0.39, 0.29) is 11.3 Å². The number of rotatable bonds is 6. The molecule has 1 N–H and O–H groups in total. The first-order valence-corrected chi connectivity index (χ1v) is 9.04. The zero-order valence-electron chi connectivity index (χ0n) is 14.7. The summed E-state index contributed by atoms with van der Waals surface area (Å²) < 4.78 is 15.2. The highest BCUT2D eigenvalue weighted by Gasteiger charge is 2.20. The Labute approximate surface area is 160 Å². The summed E-state index contributed by atoms with van der Waals surface area (Å²) in [7, 11) is 4.16. The topological polar surface area (TPSA) is 73.9 Å². The molecule has 0 saturated heterocycles. The summed E-state index contributed by atoms with van der Waals surface area (Å²) in [6, 6.07) is 8.09. The number of benzene rings is 2. The van der Waals surface area contributed by atoms with Gasteiger partial charge in [0.1, 0.15) is 0 Å². The van der Waals surface area contributed by atoms with E-state index in [0.29, 0.717) is 22.1 Å². The smallest absolute Gasteiger partial charge is 0.340 e. The van der Waals surface area contributed by atoms with Crippen molar-refractivity contribution >= 4 is 40.9 Å². The van der Waals surface area contributed by atoms with E-state index >= 15 is 0 Å². The summed E-state index contributed by atoms with van der Waals surface area (Å²) in [5.74, 6) is -0.374. The van der Waals surface area contributed by atoms with Crippen molar-refractivity contribution in [3.63, 3.8) is 0 Å². The van der Waals surface area contributed by atoms with Crippen molar-refractivity contribution in [2.75, 3.05) is 32.9 Å². The first kappa shape index (κ1) is 19.9. The lowest BCUT2D eigenvalue weighted by molar-refractivity contribution is 0.0601. The Hall–Kier alpha value is -2.38. The summed E-state index contributed by atoms with van der Waals surface area (Å²) in [4.78, 5) is 25.7. The van der Waals surface area contributed by atoms with Crippen molar-refractivity contribution in [1.82, 2.24) is 0 Å². The Morgan fingerprint density at radius 3 is 2.23 bits per heavy atom. The molecule has 6 nitrogen and oxygen atoms in total. The van der Waals surface area contributed by atoms with E-state index in [9.17, 15) is 9.59 Å². The van der Waals surface area contributed by atoms with Gasteiger partial charge in [-0.25, -0.2) is 4.79 Å². The van der Waals surface area contributed by atoms with E-state index < -0.39 is 11.9 Å². The van der Waals surface area contributed by atoms with Gasteiger partial charge in [-0.2, -0.15) is 0 Å². The van der Waals surface area contributed by atoms with Crippen LogP contribution in [0.2, 0.25) is 5.02 Å². The molecule has 26 heavy (non-hydrogen) atoms. The minimum absolute atomic E-state index is 0.135. The number of methoxy groups -OCH3 is 3. The van der Waals surface area contributed by atoms with Gasteiger partial charge in [0.05, 0.1) is 43.2 Å². The van der Waals surface area contributed by atoms with Crippen LogP contribution in [-0.2, 0) is 4.74 Å². The number of carbonyl (C=O) groups excluding carboxylic acids is 2. The SMILES string of the molecule is COC(=O)c1cc(OC)c(OC)cc1NC(=O)c1cc(SC)ccc1Cl. The van der Waals surface area contributed by atoms with Crippen LogP contribution >= 0.6 is 23.4 Å². The molecular formula is C18H18ClNO5S. The Balaban J connectivity index is 2.47. The number of hydrogen-bond acceptors (Lipinski definition) is 6. The minimum Gasteiger partial charge on any atom is -0.493 e. The molecule has 0 spiro atoms. The number of amides is 1. The van der Waals surface area contributed by atoms with Crippen LogP contribution in [0.25, 0.3) is 0 Å². The average Bonchev–Trinajstić information content (AvgIpc) is 2.67. The summed E-state index contributed by atoms with van der Waals surface area (Å²) in [6.07, 6.45) is 1.90. The molecule has 1 amide bonds. The Bertz CT molecular complexity index is 841. The third kappa shape index (κ3) is 4.23. The Morgan fingerprint density at radius 1 is 1.00 bits per heavy atom. The van der Waals surface area contributed by atoms with Crippen LogP contribution in [0.4, 0.5) is 5.69 Å². The molecular weight excluding hydrogens is 378 g/mol. The fraction of sp³-hybridized carbons (Fsp3) is 0.222. The molecule has 0 aliphatic rings. The van der Waals surface area contributed by atoms with E-state index in [2.05, 4.69) is 5.32 Å².